The van der Waals surface area contributed by atoms with Crippen LogP contribution in [0.25, 0.3) is 0 Å². The summed E-state index contributed by atoms with van der Waals surface area (Å²) >= 11 is 0. The van der Waals surface area contributed by atoms with E-state index in [-0.39, 0.29) is 6.03 Å². The summed E-state index contributed by atoms with van der Waals surface area (Å²) in [4.78, 5) is 19.2. The van der Waals surface area contributed by atoms with Crippen molar-refractivity contribution in [1.82, 2.24) is 14.7 Å². The van der Waals surface area contributed by atoms with Gasteiger partial charge in [0.25, 0.3) is 0 Å². The third-order valence-corrected chi connectivity index (χ3v) is 4.84. The summed E-state index contributed by atoms with van der Waals surface area (Å²) in [6.07, 6.45) is 1.16. The molecular formula is C22H30N4O2. The van der Waals surface area contributed by atoms with Crippen LogP contribution in [0.15, 0.2) is 54.6 Å². The van der Waals surface area contributed by atoms with Crippen LogP contribution in [-0.2, 0) is 0 Å². The van der Waals surface area contributed by atoms with E-state index in [1.54, 1.807) is 0 Å². The lowest BCUT2D eigenvalue weighted by molar-refractivity contribution is 0.144. The SMILES string of the molecule is CN(C)CCCN1CCN(C(=O)Nc2ccccc2Oc2ccccc2)CC1. The summed E-state index contributed by atoms with van der Waals surface area (Å²) in [6.45, 7) is 5.51. The first-order chi connectivity index (χ1) is 13.6. The molecule has 1 aliphatic heterocycles. The van der Waals surface area contributed by atoms with Gasteiger partial charge in [-0.1, -0.05) is 30.3 Å². The van der Waals surface area contributed by atoms with E-state index in [1.165, 1.54) is 0 Å². The number of nitrogens with one attached hydrogen (secondary N) is 1. The van der Waals surface area contributed by atoms with E-state index in [0.717, 1.165) is 51.4 Å². The Bertz CT molecular complexity index is 743. The summed E-state index contributed by atoms with van der Waals surface area (Å²) in [5, 5.41) is 3.01. The minimum absolute atomic E-state index is 0.0722. The number of carbonyl (C=O) groups excluding carboxylic acids is 1. The molecule has 0 spiro atoms. The Balaban J connectivity index is 1.52. The maximum atomic E-state index is 12.7. The molecule has 2 amide bonds. The van der Waals surface area contributed by atoms with Crippen LogP contribution in [0.1, 0.15) is 6.42 Å². The van der Waals surface area contributed by atoms with Gasteiger partial charge in [-0.2, -0.15) is 0 Å². The molecule has 150 valence electrons. The van der Waals surface area contributed by atoms with Crippen molar-refractivity contribution in [2.45, 2.75) is 6.42 Å². The lowest BCUT2D eigenvalue weighted by Gasteiger charge is -2.35. The van der Waals surface area contributed by atoms with Crippen LogP contribution in [-0.4, -0.2) is 74.1 Å². The zero-order chi connectivity index (χ0) is 19.8. The fourth-order valence-corrected chi connectivity index (χ4v) is 3.25. The topological polar surface area (TPSA) is 48.0 Å². The molecule has 1 fully saturated rings. The Morgan fingerprint density at radius 1 is 1.00 bits per heavy atom. The third kappa shape index (κ3) is 5.97. The fraction of sp³-hybridized carbons (Fsp3) is 0.409. The van der Waals surface area contributed by atoms with Crippen LogP contribution in [0.4, 0.5) is 10.5 Å². The van der Waals surface area contributed by atoms with Crippen molar-refractivity contribution < 1.29 is 9.53 Å². The Kier molecular flexibility index (Phi) is 7.28. The number of para-hydroxylation sites is 3. The van der Waals surface area contributed by atoms with Crippen LogP contribution in [0.3, 0.4) is 0 Å². The molecule has 3 rings (SSSR count). The molecule has 0 bridgehead atoms. The first kappa shape index (κ1) is 20.2. The second-order valence-electron chi connectivity index (χ2n) is 7.33. The molecule has 1 N–H and O–H groups in total. The minimum Gasteiger partial charge on any atom is -0.455 e. The number of carbonyl (C=O) groups is 1. The lowest BCUT2D eigenvalue weighted by Crippen LogP contribution is -2.50. The summed E-state index contributed by atoms with van der Waals surface area (Å²) in [6, 6.07) is 17.1. The van der Waals surface area contributed by atoms with Gasteiger partial charge in [-0.3, -0.25) is 4.90 Å². The molecule has 0 saturated carbocycles. The van der Waals surface area contributed by atoms with Gasteiger partial charge in [-0.05, 0) is 57.9 Å². The monoisotopic (exact) mass is 382 g/mol. The smallest absolute Gasteiger partial charge is 0.322 e. The van der Waals surface area contributed by atoms with E-state index in [9.17, 15) is 4.79 Å². The van der Waals surface area contributed by atoms with Gasteiger partial charge in [0, 0.05) is 26.2 Å². The van der Waals surface area contributed by atoms with E-state index in [1.807, 2.05) is 59.5 Å². The number of hydrogen-bond donors (Lipinski definition) is 1. The highest BCUT2D eigenvalue weighted by atomic mass is 16.5. The minimum atomic E-state index is -0.0722. The summed E-state index contributed by atoms with van der Waals surface area (Å²) < 4.78 is 5.93. The van der Waals surface area contributed by atoms with Crippen LogP contribution in [0, 0.1) is 0 Å². The molecule has 2 aromatic rings. The number of benzene rings is 2. The Morgan fingerprint density at radius 3 is 2.39 bits per heavy atom. The molecule has 28 heavy (non-hydrogen) atoms. The van der Waals surface area contributed by atoms with Crippen molar-refractivity contribution >= 4 is 11.7 Å². The Labute approximate surface area is 167 Å². The average Bonchev–Trinajstić information content (AvgIpc) is 2.70. The van der Waals surface area contributed by atoms with Gasteiger partial charge < -0.3 is 19.9 Å². The largest absolute Gasteiger partial charge is 0.455 e. The van der Waals surface area contributed by atoms with E-state index >= 15 is 0 Å². The van der Waals surface area contributed by atoms with Crippen molar-refractivity contribution in [3.8, 4) is 11.5 Å². The number of anilines is 1. The highest BCUT2D eigenvalue weighted by molar-refractivity contribution is 5.91. The molecule has 0 radical (unpaired) electrons. The lowest BCUT2D eigenvalue weighted by atomic mass is 10.2. The number of hydrogen-bond acceptors (Lipinski definition) is 4. The predicted molar refractivity (Wildman–Crippen MR) is 113 cm³/mol. The van der Waals surface area contributed by atoms with E-state index in [2.05, 4.69) is 29.2 Å². The first-order valence-corrected chi connectivity index (χ1v) is 9.87. The molecule has 0 aliphatic carbocycles. The molecule has 0 aromatic heterocycles. The van der Waals surface area contributed by atoms with E-state index < -0.39 is 0 Å². The molecule has 0 unspecified atom stereocenters. The van der Waals surface area contributed by atoms with Crippen molar-refractivity contribution in [2.24, 2.45) is 0 Å². The van der Waals surface area contributed by atoms with E-state index in [0.29, 0.717) is 11.4 Å². The number of ether oxygens (including phenoxy) is 1. The van der Waals surface area contributed by atoms with Gasteiger partial charge in [-0.25, -0.2) is 4.79 Å². The highest BCUT2D eigenvalue weighted by Crippen LogP contribution is 2.29. The van der Waals surface area contributed by atoms with Crippen molar-refractivity contribution in [3.63, 3.8) is 0 Å². The van der Waals surface area contributed by atoms with Crippen molar-refractivity contribution in [1.29, 1.82) is 0 Å². The molecule has 0 atom stereocenters. The number of urea groups is 1. The second-order valence-corrected chi connectivity index (χ2v) is 7.33. The van der Waals surface area contributed by atoms with Crippen LogP contribution in [0.5, 0.6) is 11.5 Å². The maximum absolute atomic E-state index is 12.7. The molecule has 1 aliphatic rings. The summed E-state index contributed by atoms with van der Waals surface area (Å²) in [5.41, 5.74) is 0.685. The zero-order valence-corrected chi connectivity index (χ0v) is 16.8. The predicted octanol–water partition coefficient (Wildman–Crippen LogP) is 3.58. The molecule has 1 saturated heterocycles. The Hall–Kier alpha value is -2.57. The zero-order valence-electron chi connectivity index (χ0n) is 16.8. The fourth-order valence-electron chi connectivity index (χ4n) is 3.25. The number of rotatable bonds is 7. The van der Waals surface area contributed by atoms with Crippen LogP contribution < -0.4 is 10.1 Å². The van der Waals surface area contributed by atoms with Crippen LogP contribution >= 0.6 is 0 Å². The van der Waals surface area contributed by atoms with Crippen molar-refractivity contribution in [2.75, 3.05) is 58.7 Å². The standard InChI is InChI=1S/C22H30N4O2/c1-24(2)13-8-14-25-15-17-26(18-16-25)22(27)23-20-11-6-7-12-21(20)28-19-9-4-3-5-10-19/h3-7,9-12H,8,13-18H2,1-2H3,(H,23,27). The van der Waals surface area contributed by atoms with Crippen LogP contribution in [0.2, 0.25) is 0 Å². The third-order valence-electron chi connectivity index (χ3n) is 4.84. The first-order valence-electron chi connectivity index (χ1n) is 9.87. The summed E-state index contributed by atoms with van der Waals surface area (Å²) in [5.74, 6) is 1.39. The molecule has 2 aromatic carbocycles. The second kappa shape index (κ2) is 10.1. The number of amides is 2. The molecular weight excluding hydrogens is 352 g/mol. The summed E-state index contributed by atoms with van der Waals surface area (Å²) in [7, 11) is 4.20. The molecule has 1 heterocycles. The average molecular weight is 383 g/mol. The van der Waals surface area contributed by atoms with Gasteiger partial charge in [0.05, 0.1) is 5.69 Å². The molecule has 6 heteroatoms. The molecule has 6 nitrogen and oxygen atoms in total. The van der Waals surface area contributed by atoms with Gasteiger partial charge in [0.2, 0.25) is 0 Å². The van der Waals surface area contributed by atoms with E-state index in [4.69, 9.17) is 4.74 Å². The van der Waals surface area contributed by atoms with Gasteiger partial charge in [0.1, 0.15) is 5.75 Å². The van der Waals surface area contributed by atoms with Gasteiger partial charge in [0.15, 0.2) is 5.75 Å². The van der Waals surface area contributed by atoms with Gasteiger partial charge >= 0.3 is 6.03 Å². The van der Waals surface area contributed by atoms with Crippen molar-refractivity contribution in [3.05, 3.63) is 54.6 Å². The normalized spacial score (nSPS) is 14.9. The Morgan fingerprint density at radius 2 is 1.68 bits per heavy atom. The quantitative estimate of drug-likeness (QED) is 0.795. The number of piperazine rings is 1. The number of nitrogens with zero attached hydrogens (tertiary/aromatic N) is 3. The highest BCUT2D eigenvalue weighted by Gasteiger charge is 2.21. The van der Waals surface area contributed by atoms with Gasteiger partial charge in [-0.15, -0.1) is 0 Å². The maximum Gasteiger partial charge on any atom is 0.322 e.